The first-order valence-corrected chi connectivity index (χ1v) is 49.2. The number of nitrogens with zero attached hydrogens (tertiary/aromatic N) is 4. The number of hydrogen-bond acceptors (Lipinski definition) is 4. The molecule has 0 N–H and O–H groups in total. The van der Waals surface area contributed by atoms with E-state index in [1.165, 1.54) is 284 Å². The topological polar surface area (TPSA) is 70.2 Å². The maximum absolute atomic E-state index is 6.66. The van der Waals surface area contributed by atoms with Crippen LogP contribution in [0, 0.1) is 0 Å². The van der Waals surface area contributed by atoms with Crippen LogP contribution in [0.25, 0.3) is 285 Å². The Kier molecular flexibility index (Phi) is 14.0. The molecule has 8 nitrogen and oxygen atoms in total. The Morgan fingerprint density at radius 2 is 0.429 bits per heavy atom. The first-order chi connectivity index (χ1) is 68.6. The van der Waals surface area contributed by atoms with Gasteiger partial charge in [-0.25, -0.2) is 0 Å². The predicted octanol–water partition coefficient (Wildman–Crippen LogP) is 36.2. The van der Waals surface area contributed by atoms with E-state index < -0.39 is 0 Å². The van der Waals surface area contributed by atoms with Gasteiger partial charge in [0.15, 0.2) is 0 Å². The van der Waals surface area contributed by atoms with Crippen LogP contribution in [0.3, 0.4) is 0 Å². The summed E-state index contributed by atoms with van der Waals surface area (Å²) in [6, 6.07) is 133. The van der Waals surface area contributed by atoms with Crippen molar-refractivity contribution < 1.29 is 17.7 Å². The molecule has 0 atom stereocenters. The van der Waals surface area contributed by atoms with E-state index in [0.717, 1.165) is 44.7 Å². The molecule has 656 valence electrons. The van der Waals surface area contributed by atoms with Crippen molar-refractivity contribution in [1.29, 1.82) is 0 Å². The summed E-state index contributed by atoms with van der Waals surface area (Å²) in [5.41, 5.74) is 44.9. The van der Waals surface area contributed by atoms with Crippen LogP contribution in [0.1, 0.15) is 99.9 Å². The van der Waals surface area contributed by atoms with Gasteiger partial charge in [0.2, 0.25) is 0 Å². The molecule has 140 heavy (non-hydrogen) atoms. The van der Waals surface area contributed by atoms with E-state index in [9.17, 15) is 0 Å². The van der Waals surface area contributed by atoms with Gasteiger partial charge in [0.05, 0.1) is 77.0 Å². The van der Waals surface area contributed by atoms with Crippen LogP contribution in [0.2, 0.25) is 0 Å². The molecule has 0 amide bonds. The number of para-hydroxylation sites is 8. The van der Waals surface area contributed by atoms with Gasteiger partial charge in [0.1, 0.15) is 44.7 Å². The Morgan fingerprint density at radius 3 is 0.857 bits per heavy atom. The van der Waals surface area contributed by atoms with Gasteiger partial charge >= 0.3 is 0 Å². The normalized spacial score (nSPS) is 14.8. The third-order valence-electron chi connectivity index (χ3n) is 34.0. The van der Waals surface area contributed by atoms with Crippen molar-refractivity contribution in [2.24, 2.45) is 0 Å². The zero-order valence-corrected chi connectivity index (χ0v) is 78.1. The molecular formula is C132H84N4O4. The number of hydrogen-bond donors (Lipinski definition) is 0. The zero-order valence-electron chi connectivity index (χ0n) is 78.1. The lowest BCUT2D eigenvalue weighted by atomic mass is 9.80. The smallest absolute Gasteiger partial charge is 0.145 e. The molecule has 20 aromatic carbocycles. The van der Waals surface area contributed by atoms with Gasteiger partial charge in [-0.3, -0.25) is 0 Å². The van der Waals surface area contributed by atoms with Crippen LogP contribution in [0.5, 0.6) is 0 Å². The lowest BCUT2D eigenvalue weighted by molar-refractivity contribution is 0.665. The standard InChI is InChI=1S/4C33H21NO/c1-33(2)24-12-6-3-9-18(24)20-15-16-26-28(30(20)33)23-17-22-19-10-5-8-14-27(19)35-32(22)29-21-11-4-7-13-25(21)34(26)31(23)29;1-33(2)23-12-6-3-9-18(23)19-15-16-25-28(31(19)33)22-17-27-29(21-11-5-8-14-26(21)35-27)30-20-10-4-7-13-24(20)34(25)32(22)30;1-33(2)23-12-6-3-9-18(23)20-15-16-25-29(31(20)33)30-28-21-11-5-8-14-26(21)35-27(28)17-22-19-10-4-7-13-24(19)34(25)32(22)30;1-33(2)24-12-6-3-9-18(24)21-15-16-26-28(30(21)33)29-31-22(19-10-4-7-13-25(19)34(26)31)17-23-20-11-5-8-14-27(20)35-32(23)29/h4*3-17H,1-2H3. The fourth-order valence-corrected chi connectivity index (χ4v) is 28.4. The maximum Gasteiger partial charge on any atom is 0.145 e. The van der Waals surface area contributed by atoms with Crippen LogP contribution < -0.4 is 0 Å². The van der Waals surface area contributed by atoms with Crippen molar-refractivity contribution >= 4 is 240 Å². The second-order valence-corrected chi connectivity index (χ2v) is 42.1. The van der Waals surface area contributed by atoms with Gasteiger partial charge in [-0.15, -0.1) is 0 Å². The summed E-state index contributed by atoms with van der Waals surface area (Å²) in [4.78, 5) is 0. The highest BCUT2D eigenvalue weighted by Gasteiger charge is 2.45. The molecule has 4 aliphatic rings. The van der Waals surface area contributed by atoms with Gasteiger partial charge in [-0.05, 0) is 186 Å². The average molecular weight is 1790 g/mol. The van der Waals surface area contributed by atoms with Gasteiger partial charge in [-0.1, -0.05) is 322 Å². The third-order valence-corrected chi connectivity index (χ3v) is 34.0. The van der Waals surface area contributed by atoms with Crippen LogP contribution in [-0.4, -0.2) is 17.6 Å². The molecular weight excluding hydrogens is 1710 g/mol. The lowest BCUT2D eigenvalue weighted by Crippen LogP contribution is -2.15. The Labute approximate surface area is 799 Å². The highest BCUT2D eigenvalue weighted by atomic mass is 16.3. The molecule has 0 fully saturated rings. The van der Waals surface area contributed by atoms with Crippen LogP contribution in [0.15, 0.2) is 382 Å². The summed E-state index contributed by atoms with van der Waals surface area (Å²) >= 11 is 0. The van der Waals surface area contributed by atoms with Gasteiger partial charge in [-0.2, -0.15) is 0 Å². The minimum atomic E-state index is -0.0996. The molecule has 32 aromatic rings. The summed E-state index contributed by atoms with van der Waals surface area (Å²) in [6.45, 7) is 19.0. The monoisotopic (exact) mass is 1790 g/mol. The molecule has 0 aliphatic heterocycles. The number of rotatable bonds is 0. The minimum Gasteiger partial charge on any atom is -0.456 e. The van der Waals surface area contributed by atoms with Crippen LogP contribution in [0.4, 0.5) is 0 Å². The highest BCUT2D eigenvalue weighted by molar-refractivity contribution is 6.40. The molecule has 12 aromatic heterocycles. The van der Waals surface area contributed by atoms with E-state index in [4.69, 9.17) is 17.7 Å². The van der Waals surface area contributed by atoms with E-state index in [1.807, 2.05) is 0 Å². The van der Waals surface area contributed by atoms with Crippen molar-refractivity contribution in [2.75, 3.05) is 0 Å². The van der Waals surface area contributed by atoms with Crippen molar-refractivity contribution in [3.05, 3.63) is 408 Å². The predicted molar refractivity (Wildman–Crippen MR) is 584 cm³/mol. The van der Waals surface area contributed by atoms with Gasteiger partial charge < -0.3 is 35.3 Å². The SMILES string of the molecule is CC1(C)c2ccccc2-c2ccc3c(c21)c1c2c(cc4c5ccccc5n3c41)oc1ccccc12.CC1(C)c2ccccc2-c2ccc3c(c21)c1c2oc4ccccc4c2cc2c4ccccc4n3c21.CC1(C)c2ccccc2-c2ccc3c(c21)c1cc2c4ccccc4oc2c2c4ccccc4n3c12.CC1(C)c2ccccc2-c2ccc3c(c21)c1cc2oc4ccccc4c2c2c4ccccc4n3c12. The Morgan fingerprint density at radius 1 is 0.157 bits per heavy atom. The molecule has 0 radical (unpaired) electrons. The molecule has 0 bridgehead atoms. The van der Waals surface area contributed by atoms with E-state index >= 15 is 0 Å². The van der Waals surface area contributed by atoms with E-state index in [-0.39, 0.29) is 21.7 Å². The largest absolute Gasteiger partial charge is 0.456 e. The molecule has 4 aliphatic carbocycles. The number of fused-ring (bicyclic) bond motifs is 56. The van der Waals surface area contributed by atoms with Crippen LogP contribution >= 0.6 is 0 Å². The average Bonchev–Trinajstić information content (AvgIpc) is 1.51. The first kappa shape index (κ1) is 76.0. The van der Waals surface area contributed by atoms with Crippen LogP contribution in [-0.2, 0) is 21.7 Å². The van der Waals surface area contributed by atoms with E-state index in [1.54, 1.807) is 0 Å². The number of furan rings is 4. The Balaban J connectivity index is 0.0000000829. The maximum atomic E-state index is 6.66. The van der Waals surface area contributed by atoms with E-state index in [0.29, 0.717) is 0 Å². The minimum absolute atomic E-state index is 0.0726. The summed E-state index contributed by atoms with van der Waals surface area (Å²) in [6.07, 6.45) is 0. The number of aromatic nitrogens is 4. The molecule has 12 heterocycles. The van der Waals surface area contributed by atoms with E-state index in [2.05, 4.69) is 437 Å². The van der Waals surface area contributed by atoms with Crippen molar-refractivity contribution in [1.82, 2.24) is 17.6 Å². The molecule has 36 rings (SSSR count). The molecule has 0 spiro atoms. The quantitative estimate of drug-likeness (QED) is 0.152. The lowest BCUT2D eigenvalue weighted by Gasteiger charge is -2.22. The fourth-order valence-electron chi connectivity index (χ4n) is 28.4. The number of benzene rings is 20. The molecule has 8 heteroatoms. The zero-order chi connectivity index (χ0) is 92.2. The van der Waals surface area contributed by atoms with Gasteiger partial charge in [0, 0.05) is 140 Å². The van der Waals surface area contributed by atoms with Gasteiger partial charge in [0.25, 0.3) is 0 Å². The third kappa shape index (κ3) is 9.00. The Bertz CT molecular complexity index is 11200. The fraction of sp³-hybridized carbons (Fsp3) is 0.0909. The summed E-state index contributed by atoms with van der Waals surface area (Å²) < 4.78 is 36.1. The molecule has 0 unspecified atom stereocenters. The summed E-state index contributed by atoms with van der Waals surface area (Å²) in [7, 11) is 0. The first-order valence-electron chi connectivity index (χ1n) is 49.2. The molecule has 0 saturated carbocycles. The van der Waals surface area contributed by atoms with Crippen molar-refractivity contribution in [3.8, 4) is 44.5 Å². The van der Waals surface area contributed by atoms with Crippen molar-refractivity contribution in [2.45, 2.75) is 77.0 Å². The molecule has 0 saturated heterocycles. The summed E-state index contributed by atoms with van der Waals surface area (Å²) in [5.74, 6) is 0. The second-order valence-electron chi connectivity index (χ2n) is 42.1. The highest BCUT2D eigenvalue weighted by Crippen LogP contribution is 2.62. The Hall–Kier alpha value is -17.2. The second kappa shape index (κ2) is 25.7. The van der Waals surface area contributed by atoms with Crippen molar-refractivity contribution in [3.63, 3.8) is 0 Å². The summed E-state index contributed by atoms with van der Waals surface area (Å²) in [5, 5.41) is 30.4.